The number of ether oxygens (including phenoxy) is 1. The number of fused-ring (bicyclic) bond motifs is 1. The summed E-state index contributed by atoms with van der Waals surface area (Å²) >= 11 is 3.59. The van der Waals surface area contributed by atoms with E-state index in [-0.39, 0.29) is 5.82 Å². The van der Waals surface area contributed by atoms with Crippen LogP contribution in [-0.2, 0) is 0 Å². The molecule has 0 bridgehead atoms. The lowest BCUT2D eigenvalue weighted by atomic mass is 9.95. The molecular weight excluding hydrogens is 413 g/mol. The summed E-state index contributed by atoms with van der Waals surface area (Å²) in [5, 5.41) is 0. The molecule has 2 saturated carbocycles. The molecule has 2 aliphatic carbocycles. The van der Waals surface area contributed by atoms with Crippen LogP contribution < -0.4 is 4.74 Å². The van der Waals surface area contributed by atoms with E-state index < -0.39 is 0 Å². The fraction of sp³-hybridized carbons (Fsp3) is 0.320. The molecule has 0 unspecified atom stereocenters. The number of halogens is 1. The van der Waals surface area contributed by atoms with E-state index >= 15 is 0 Å². The second-order valence-electron chi connectivity index (χ2n) is 8.42. The predicted octanol–water partition coefficient (Wildman–Crippen LogP) is 7.16. The van der Waals surface area contributed by atoms with Gasteiger partial charge in [-0.1, -0.05) is 23.9 Å². The van der Waals surface area contributed by atoms with Crippen LogP contribution in [0.15, 0.2) is 64.0 Å². The summed E-state index contributed by atoms with van der Waals surface area (Å²) in [5.74, 6) is 3.24. The number of aromatic nitrogens is 1. The molecule has 152 valence electrons. The molecule has 2 fully saturated rings. The Morgan fingerprint density at radius 2 is 1.80 bits per heavy atom. The van der Waals surface area contributed by atoms with Gasteiger partial charge in [-0.15, -0.1) is 11.3 Å². The van der Waals surface area contributed by atoms with Crippen LogP contribution in [-0.4, -0.2) is 11.6 Å². The molecule has 3 aliphatic rings. The van der Waals surface area contributed by atoms with Crippen LogP contribution in [0.3, 0.4) is 0 Å². The lowest BCUT2D eigenvalue weighted by Crippen LogP contribution is -2.05. The molecule has 0 saturated heterocycles. The van der Waals surface area contributed by atoms with E-state index in [9.17, 15) is 4.39 Å². The van der Waals surface area contributed by atoms with Crippen molar-refractivity contribution in [3.8, 4) is 5.75 Å². The number of thiazole rings is 1. The summed E-state index contributed by atoms with van der Waals surface area (Å²) in [5.41, 5.74) is 3.16. The molecule has 0 radical (unpaired) electrons. The van der Waals surface area contributed by atoms with Crippen molar-refractivity contribution in [3.05, 3.63) is 76.6 Å². The van der Waals surface area contributed by atoms with Crippen molar-refractivity contribution in [2.75, 3.05) is 6.61 Å². The minimum Gasteiger partial charge on any atom is -0.489 e. The highest BCUT2D eigenvalue weighted by molar-refractivity contribution is 8.01. The van der Waals surface area contributed by atoms with Gasteiger partial charge in [-0.3, -0.25) is 0 Å². The monoisotopic (exact) mass is 435 g/mol. The van der Waals surface area contributed by atoms with E-state index in [4.69, 9.17) is 9.72 Å². The molecule has 0 N–H and O–H groups in total. The number of hydrogen-bond acceptors (Lipinski definition) is 4. The van der Waals surface area contributed by atoms with Gasteiger partial charge in [0.15, 0.2) is 4.34 Å². The van der Waals surface area contributed by atoms with Gasteiger partial charge in [0, 0.05) is 27.5 Å². The van der Waals surface area contributed by atoms with Crippen molar-refractivity contribution in [2.24, 2.45) is 11.8 Å². The fourth-order valence-corrected chi connectivity index (χ4v) is 6.75. The van der Waals surface area contributed by atoms with Crippen LogP contribution >= 0.6 is 23.1 Å². The maximum absolute atomic E-state index is 13.3. The van der Waals surface area contributed by atoms with Gasteiger partial charge in [0.25, 0.3) is 0 Å². The van der Waals surface area contributed by atoms with Crippen LogP contribution in [0.2, 0.25) is 0 Å². The number of rotatable bonds is 6. The highest BCUT2D eigenvalue weighted by Gasteiger charge is 2.43. The first-order valence-electron chi connectivity index (χ1n) is 10.6. The van der Waals surface area contributed by atoms with E-state index in [0.717, 1.165) is 49.4 Å². The molecule has 2 heterocycles. The van der Waals surface area contributed by atoms with Crippen molar-refractivity contribution >= 4 is 28.7 Å². The maximum atomic E-state index is 13.3. The van der Waals surface area contributed by atoms with Crippen molar-refractivity contribution in [3.63, 3.8) is 0 Å². The van der Waals surface area contributed by atoms with Crippen molar-refractivity contribution in [1.29, 1.82) is 0 Å². The van der Waals surface area contributed by atoms with Gasteiger partial charge in [-0.05, 0) is 85.1 Å². The molecule has 2 nitrogen and oxygen atoms in total. The van der Waals surface area contributed by atoms with Crippen LogP contribution in [0, 0.1) is 17.7 Å². The van der Waals surface area contributed by atoms with Crippen molar-refractivity contribution in [1.82, 2.24) is 4.98 Å². The molecule has 2 aromatic carbocycles. The third kappa shape index (κ3) is 3.69. The summed E-state index contributed by atoms with van der Waals surface area (Å²) in [6, 6.07) is 13.0. The van der Waals surface area contributed by atoms with E-state index in [2.05, 4.69) is 30.5 Å². The summed E-state index contributed by atoms with van der Waals surface area (Å²) < 4.78 is 20.3. The molecule has 0 atom stereocenters. The zero-order valence-corrected chi connectivity index (χ0v) is 18.1. The molecule has 5 heteroatoms. The Balaban J connectivity index is 1.23. The molecule has 30 heavy (non-hydrogen) atoms. The lowest BCUT2D eigenvalue weighted by Gasteiger charge is -2.19. The molecule has 1 aliphatic heterocycles. The first kappa shape index (κ1) is 18.6. The van der Waals surface area contributed by atoms with Crippen molar-refractivity contribution in [2.45, 2.75) is 40.8 Å². The largest absolute Gasteiger partial charge is 0.489 e. The summed E-state index contributed by atoms with van der Waals surface area (Å²) in [4.78, 5) is 7.36. The fourth-order valence-electron chi connectivity index (χ4n) is 4.47. The van der Waals surface area contributed by atoms with Crippen molar-refractivity contribution < 1.29 is 9.13 Å². The summed E-state index contributed by atoms with van der Waals surface area (Å²) in [6.07, 6.45) is 9.77. The van der Waals surface area contributed by atoms with Gasteiger partial charge in [0.2, 0.25) is 0 Å². The Kier molecular flexibility index (Phi) is 4.69. The molecule has 0 amide bonds. The Morgan fingerprint density at radius 1 is 1.03 bits per heavy atom. The minimum atomic E-state index is -0.216. The van der Waals surface area contributed by atoms with E-state index in [1.54, 1.807) is 11.8 Å². The Labute approximate surface area is 184 Å². The second kappa shape index (κ2) is 7.54. The van der Waals surface area contributed by atoms with Gasteiger partial charge in [0.05, 0.1) is 0 Å². The topological polar surface area (TPSA) is 22.1 Å². The average molecular weight is 436 g/mol. The Morgan fingerprint density at radius 3 is 2.53 bits per heavy atom. The highest BCUT2D eigenvalue weighted by Crippen LogP contribution is 2.56. The molecule has 3 aromatic rings. The van der Waals surface area contributed by atoms with Crippen LogP contribution in [0.4, 0.5) is 4.39 Å². The number of nitrogens with zero attached hydrogens (tertiary/aromatic N) is 1. The average Bonchev–Trinajstić information content (AvgIpc) is 3.69. The van der Waals surface area contributed by atoms with Gasteiger partial charge in [-0.2, -0.15) is 0 Å². The second-order valence-corrected chi connectivity index (χ2v) is 10.8. The molecule has 1 aromatic heterocycles. The van der Waals surface area contributed by atoms with Gasteiger partial charge >= 0.3 is 0 Å². The van der Waals surface area contributed by atoms with Crippen LogP contribution in [0.1, 0.15) is 47.6 Å². The molecule has 0 spiro atoms. The first-order chi connectivity index (χ1) is 14.7. The first-order valence-corrected chi connectivity index (χ1v) is 12.2. The summed E-state index contributed by atoms with van der Waals surface area (Å²) in [6.45, 7) is 0.527. The van der Waals surface area contributed by atoms with Crippen LogP contribution in [0.5, 0.6) is 5.75 Å². The van der Waals surface area contributed by atoms with E-state index in [0.29, 0.717) is 6.61 Å². The van der Waals surface area contributed by atoms with Gasteiger partial charge in [-0.25, -0.2) is 9.37 Å². The third-order valence-electron chi connectivity index (χ3n) is 6.22. The highest BCUT2D eigenvalue weighted by atomic mass is 32.2. The quantitative estimate of drug-likeness (QED) is 0.410. The van der Waals surface area contributed by atoms with Gasteiger partial charge in [0.1, 0.15) is 18.2 Å². The summed E-state index contributed by atoms with van der Waals surface area (Å²) in [7, 11) is 0. The van der Waals surface area contributed by atoms with Crippen LogP contribution in [0.25, 0.3) is 5.57 Å². The SMILES string of the molecule is Fc1ccc(C2=CCOc3cc(Sc4ncc(C(C5CC5)C5CC5)s4)ccc32)cc1. The number of hydrogen-bond donors (Lipinski definition) is 0. The zero-order valence-electron chi connectivity index (χ0n) is 16.5. The standard InChI is InChI=1S/C25H22FNOS2/c26-18-7-5-15(6-8-18)20-11-12-28-22-13-19(9-10-21(20)22)29-25-27-14-23(30-25)24(16-1-2-16)17-3-4-17/h5-11,13-14,16-17,24H,1-4,12H2. The van der Waals surface area contributed by atoms with E-state index in [1.165, 1.54) is 42.7 Å². The third-order valence-corrected chi connectivity index (χ3v) is 8.38. The minimum absolute atomic E-state index is 0.216. The maximum Gasteiger partial charge on any atom is 0.154 e. The normalized spacial score (nSPS) is 18.1. The Bertz CT molecular complexity index is 1100. The molecule has 6 rings (SSSR count). The van der Waals surface area contributed by atoms with E-state index in [1.807, 2.05) is 23.5 Å². The Hall–Kier alpha value is -2.11. The zero-order chi connectivity index (χ0) is 20.1. The predicted molar refractivity (Wildman–Crippen MR) is 120 cm³/mol. The smallest absolute Gasteiger partial charge is 0.154 e. The van der Waals surface area contributed by atoms with Gasteiger partial charge < -0.3 is 4.74 Å². The molecular formula is C25H22FNOS2. The lowest BCUT2D eigenvalue weighted by molar-refractivity contribution is 0.356. The number of benzene rings is 2.